The van der Waals surface area contributed by atoms with Gasteiger partial charge in [0.25, 0.3) is 0 Å². The van der Waals surface area contributed by atoms with Gasteiger partial charge in [-0.2, -0.15) is 0 Å². The van der Waals surface area contributed by atoms with E-state index in [0.717, 1.165) is 11.1 Å². The van der Waals surface area contributed by atoms with E-state index in [-0.39, 0.29) is 38.8 Å². The summed E-state index contributed by atoms with van der Waals surface area (Å²) in [6.45, 7) is 16.2. The first-order valence-electron chi connectivity index (χ1n) is 3.19. The average Bonchev–Trinajstić information content (AvgIpc) is 1.82. The van der Waals surface area contributed by atoms with Gasteiger partial charge in [-0.05, 0) is 0 Å². The summed E-state index contributed by atoms with van der Waals surface area (Å²) in [6, 6.07) is 0.217. The van der Waals surface area contributed by atoms with Gasteiger partial charge in [0.05, 0.1) is 0 Å². The van der Waals surface area contributed by atoms with Gasteiger partial charge < -0.3 is 11.3 Å². The molecule has 0 spiro atoms. The third-order valence-corrected chi connectivity index (χ3v) is 0.561. The predicted molar refractivity (Wildman–Crippen MR) is 50.3 cm³/mol. The number of alkyl halides is 1. The standard InChI is InChI=1S/C5H8ClO.C4H7.Y/c1-5(2)3-7-4-6;1-4(2)3;/h1H,3-4H2,2H3;1-2H2,3H3;/q2*-1;. The Labute approximate surface area is 106 Å². The van der Waals surface area contributed by atoms with E-state index in [1.807, 2.05) is 6.92 Å². The van der Waals surface area contributed by atoms with Crippen molar-refractivity contribution in [1.82, 2.24) is 0 Å². The molecule has 69 valence electrons. The number of rotatable bonds is 3. The van der Waals surface area contributed by atoms with Crippen LogP contribution in [0.15, 0.2) is 17.7 Å². The van der Waals surface area contributed by atoms with E-state index < -0.39 is 0 Å². The number of ether oxygens (including phenoxy) is 1. The maximum Gasteiger partial charge on any atom is 0.121 e. The van der Waals surface area contributed by atoms with E-state index in [0.29, 0.717) is 6.61 Å². The van der Waals surface area contributed by atoms with Gasteiger partial charge >= 0.3 is 0 Å². The average molecular weight is 264 g/mol. The molecule has 0 aliphatic rings. The molecule has 0 aliphatic carbocycles. The predicted octanol–water partition coefficient (Wildman–Crippen LogP) is 2.97. The molecule has 1 radical (unpaired) electrons. The molecule has 0 saturated carbocycles. The molecule has 0 N–H and O–H groups in total. The van der Waals surface area contributed by atoms with Crippen molar-refractivity contribution < 1.29 is 37.4 Å². The molecule has 0 aromatic rings. The molecule has 12 heavy (non-hydrogen) atoms. The fourth-order valence-electron chi connectivity index (χ4n) is 0.200. The molecule has 0 aromatic heterocycles. The Bertz CT molecular complexity index is 120. The Kier molecular flexibility index (Phi) is 21.9. The zero-order chi connectivity index (χ0) is 9.28. The smallest absolute Gasteiger partial charge is 0.121 e. The maximum atomic E-state index is 5.21. The molecule has 0 aromatic carbocycles. The minimum Gasteiger partial charge on any atom is -0.512 e. The number of allylic oxidation sites excluding steroid dienone is 1. The second kappa shape index (κ2) is 14.2. The van der Waals surface area contributed by atoms with Crippen LogP contribution >= 0.6 is 11.6 Å². The Morgan fingerprint density at radius 2 is 1.92 bits per heavy atom. The first-order chi connectivity index (χ1) is 5.00. The molecule has 0 saturated heterocycles. The zero-order valence-electron chi connectivity index (χ0n) is 7.77. The van der Waals surface area contributed by atoms with Crippen molar-refractivity contribution in [2.75, 3.05) is 12.7 Å². The summed E-state index contributed by atoms with van der Waals surface area (Å²) in [5.41, 5.74) is 1.67. The summed E-state index contributed by atoms with van der Waals surface area (Å²) < 4.78 is 4.70. The molecular formula is C9H15ClOY-2. The Balaban J connectivity index is -0.000000142. The SMILES string of the molecule is C=C([CH2-])C.[CH-]=C(C)COCCl.[Y]. The largest absolute Gasteiger partial charge is 0.512 e. The van der Waals surface area contributed by atoms with Crippen molar-refractivity contribution in [3.63, 3.8) is 0 Å². The summed E-state index contributed by atoms with van der Waals surface area (Å²) in [4.78, 5) is 0. The van der Waals surface area contributed by atoms with Crippen LogP contribution in [0.4, 0.5) is 0 Å². The van der Waals surface area contributed by atoms with Crippen molar-refractivity contribution >= 4 is 11.6 Å². The van der Waals surface area contributed by atoms with E-state index in [1.165, 1.54) is 0 Å². The molecule has 0 amide bonds. The van der Waals surface area contributed by atoms with Gasteiger partial charge in [0.2, 0.25) is 0 Å². The maximum absolute atomic E-state index is 5.21. The van der Waals surface area contributed by atoms with Gasteiger partial charge in [-0.25, -0.2) is 24.6 Å². The molecule has 0 fully saturated rings. The van der Waals surface area contributed by atoms with Crippen molar-refractivity contribution in [3.8, 4) is 0 Å². The topological polar surface area (TPSA) is 9.23 Å². The van der Waals surface area contributed by atoms with Crippen LogP contribution in [0.5, 0.6) is 0 Å². The van der Waals surface area contributed by atoms with Crippen LogP contribution < -0.4 is 0 Å². The van der Waals surface area contributed by atoms with Crippen LogP contribution in [0.2, 0.25) is 0 Å². The summed E-state index contributed by atoms with van der Waals surface area (Å²) >= 11 is 5.15. The second-order valence-corrected chi connectivity index (χ2v) is 2.48. The van der Waals surface area contributed by atoms with Gasteiger partial charge in [0, 0.05) is 39.3 Å². The van der Waals surface area contributed by atoms with Gasteiger partial charge in [-0.3, -0.25) is 0 Å². The molecule has 0 bridgehead atoms. The van der Waals surface area contributed by atoms with E-state index >= 15 is 0 Å². The molecule has 0 unspecified atom stereocenters. The summed E-state index contributed by atoms with van der Waals surface area (Å²) in [7, 11) is 0. The van der Waals surface area contributed by atoms with Crippen molar-refractivity contribution in [3.05, 3.63) is 31.2 Å². The molecular weight excluding hydrogens is 248 g/mol. The Morgan fingerprint density at radius 3 is 2.00 bits per heavy atom. The van der Waals surface area contributed by atoms with Crippen molar-refractivity contribution in [1.29, 1.82) is 0 Å². The second-order valence-electron chi connectivity index (χ2n) is 2.26. The van der Waals surface area contributed by atoms with Gasteiger partial charge in [-0.1, -0.05) is 25.4 Å². The van der Waals surface area contributed by atoms with Crippen LogP contribution in [-0.2, 0) is 37.4 Å². The molecule has 0 heterocycles. The molecule has 0 rings (SSSR count). The molecule has 0 aliphatic heterocycles. The fraction of sp³-hybridized carbons (Fsp3) is 0.444. The summed E-state index contributed by atoms with van der Waals surface area (Å²) in [5.74, 6) is 0. The first-order valence-corrected chi connectivity index (χ1v) is 3.73. The first kappa shape index (κ1) is 18.5. The fourth-order valence-corrected chi connectivity index (χ4v) is 0.277. The monoisotopic (exact) mass is 263 g/mol. The number of halogens is 1. The van der Waals surface area contributed by atoms with E-state index in [4.69, 9.17) is 22.9 Å². The van der Waals surface area contributed by atoms with E-state index in [2.05, 4.69) is 13.5 Å². The Morgan fingerprint density at radius 1 is 1.58 bits per heavy atom. The zero-order valence-corrected chi connectivity index (χ0v) is 11.4. The number of hydrogen-bond acceptors (Lipinski definition) is 1. The minimum absolute atomic E-state index is 0. The third-order valence-electron chi connectivity index (χ3n) is 0.407. The van der Waals surface area contributed by atoms with Crippen molar-refractivity contribution in [2.24, 2.45) is 0 Å². The van der Waals surface area contributed by atoms with Crippen LogP contribution in [-0.4, -0.2) is 12.7 Å². The van der Waals surface area contributed by atoms with Gasteiger partial charge in [0.1, 0.15) is 6.07 Å². The van der Waals surface area contributed by atoms with Crippen LogP contribution in [0, 0.1) is 13.5 Å². The minimum atomic E-state index is 0. The quantitative estimate of drug-likeness (QED) is 0.562. The van der Waals surface area contributed by atoms with Crippen molar-refractivity contribution in [2.45, 2.75) is 13.8 Å². The van der Waals surface area contributed by atoms with E-state index in [1.54, 1.807) is 6.92 Å². The van der Waals surface area contributed by atoms with Gasteiger partial charge in [0.15, 0.2) is 0 Å². The van der Waals surface area contributed by atoms with Crippen LogP contribution in [0.1, 0.15) is 13.8 Å². The molecule has 3 heteroatoms. The number of hydrogen-bond donors (Lipinski definition) is 0. The summed E-state index contributed by atoms with van der Waals surface area (Å²) in [6.07, 6.45) is 0. The molecule has 1 nitrogen and oxygen atoms in total. The van der Waals surface area contributed by atoms with E-state index in [9.17, 15) is 0 Å². The third kappa shape index (κ3) is 45.6. The summed E-state index contributed by atoms with van der Waals surface area (Å²) in [5, 5.41) is 0. The van der Waals surface area contributed by atoms with Gasteiger partial charge in [-0.15, -0.1) is 0 Å². The van der Waals surface area contributed by atoms with Crippen LogP contribution in [0.25, 0.3) is 0 Å². The Hall–Kier alpha value is 0.704. The normalized spacial score (nSPS) is 7.25. The van der Waals surface area contributed by atoms with Crippen LogP contribution in [0.3, 0.4) is 0 Å². The molecule has 0 atom stereocenters.